The summed E-state index contributed by atoms with van der Waals surface area (Å²) in [7, 11) is 1.60. The van der Waals surface area contributed by atoms with Crippen molar-refractivity contribution in [2.24, 2.45) is 0 Å². The van der Waals surface area contributed by atoms with Gasteiger partial charge in [-0.2, -0.15) is 0 Å². The third kappa shape index (κ3) is 3.00. The van der Waals surface area contributed by atoms with Gasteiger partial charge in [0.25, 0.3) is 11.8 Å². The summed E-state index contributed by atoms with van der Waals surface area (Å²) in [6.07, 6.45) is 3.75. The third-order valence-electron chi connectivity index (χ3n) is 4.22. The molecule has 1 N–H and O–H groups in total. The van der Waals surface area contributed by atoms with Gasteiger partial charge in [-0.25, -0.2) is 9.97 Å². The second-order valence-corrected chi connectivity index (χ2v) is 5.89. The van der Waals surface area contributed by atoms with Crippen LogP contribution in [-0.4, -0.2) is 36.1 Å². The lowest BCUT2D eigenvalue weighted by molar-refractivity contribution is 0.0996. The minimum Gasteiger partial charge on any atom is -0.478 e. The van der Waals surface area contributed by atoms with Gasteiger partial charge >= 0.3 is 0 Å². The van der Waals surface area contributed by atoms with E-state index in [1.165, 1.54) is 6.26 Å². The quantitative estimate of drug-likeness (QED) is 0.787. The lowest BCUT2D eigenvalue weighted by Crippen LogP contribution is -2.20. The van der Waals surface area contributed by atoms with Gasteiger partial charge < -0.3 is 19.4 Å². The van der Waals surface area contributed by atoms with E-state index in [9.17, 15) is 4.79 Å². The van der Waals surface area contributed by atoms with E-state index in [-0.39, 0.29) is 11.7 Å². The zero-order valence-corrected chi connectivity index (χ0v) is 13.9. The molecule has 1 aromatic carbocycles. The molecule has 1 aliphatic rings. The molecule has 0 saturated carbocycles. The first kappa shape index (κ1) is 15.4. The fraction of sp³-hybridized carbons (Fsp3) is 0.278. The van der Waals surface area contributed by atoms with Crippen LogP contribution in [0, 0.1) is 0 Å². The van der Waals surface area contributed by atoms with E-state index in [4.69, 9.17) is 14.1 Å². The topological polar surface area (TPSA) is 80.5 Å². The lowest BCUT2D eigenvalue weighted by atomic mass is 10.2. The van der Waals surface area contributed by atoms with Crippen molar-refractivity contribution in [2.45, 2.75) is 12.8 Å². The summed E-state index contributed by atoms with van der Waals surface area (Å²) >= 11 is 0. The minimum atomic E-state index is -0.300. The molecule has 128 valence electrons. The van der Waals surface area contributed by atoms with E-state index in [0.29, 0.717) is 17.1 Å². The number of amides is 1. The number of anilines is 2. The Morgan fingerprint density at radius 1 is 1.20 bits per heavy atom. The van der Waals surface area contributed by atoms with Crippen LogP contribution in [0.25, 0.3) is 11.0 Å². The van der Waals surface area contributed by atoms with Gasteiger partial charge in [-0.3, -0.25) is 4.79 Å². The number of benzene rings is 1. The number of fused-ring (bicyclic) bond motifs is 1. The molecular formula is C18H18N4O3. The maximum atomic E-state index is 12.1. The van der Waals surface area contributed by atoms with Crippen LogP contribution in [0.2, 0.25) is 0 Å². The highest BCUT2D eigenvalue weighted by atomic mass is 16.5. The summed E-state index contributed by atoms with van der Waals surface area (Å²) in [5, 5.41) is 2.81. The molecule has 7 heteroatoms. The molecule has 0 radical (unpaired) electrons. The second-order valence-electron chi connectivity index (χ2n) is 5.89. The average molecular weight is 338 g/mol. The van der Waals surface area contributed by atoms with Crippen LogP contribution in [0.1, 0.15) is 23.4 Å². The highest BCUT2D eigenvalue weighted by molar-refractivity contribution is 6.03. The molecule has 3 aromatic rings. The number of nitrogens with one attached hydrogen (secondary N) is 1. The van der Waals surface area contributed by atoms with Crippen molar-refractivity contribution in [1.82, 2.24) is 9.97 Å². The fourth-order valence-electron chi connectivity index (χ4n) is 2.98. The van der Waals surface area contributed by atoms with E-state index in [2.05, 4.69) is 15.2 Å². The second kappa shape index (κ2) is 6.43. The van der Waals surface area contributed by atoms with Crippen LogP contribution in [0.5, 0.6) is 5.88 Å². The number of furan rings is 1. The van der Waals surface area contributed by atoms with E-state index in [0.717, 1.165) is 37.3 Å². The number of rotatable bonds is 4. The molecule has 2 aromatic heterocycles. The SMILES string of the molecule is COc1nc2ccc(NC(=O)c3ccco3)cc2nc1N1CCCC1. The van der Waals surface area contributed by atoms with Crippen molar-refractivity contribution < 1.29 is 13.9 Å². The normalized spacial score (nSPS) is 14.0. The molecule has 25 heavy (non-hydrogen) atoms. The van der Waals surface area contributed by atoms with Gasteiger partial charge in [0.2, 0.25) is 0 Å². The maximum Gasteiger partial charge on any atom is 0.291 e. The minimum absolute atomic E-state index is 0.263. The van der Waals surface area contributed by atoms with E-state index < -0.39 is 0 Å². The smallest absolute Gasteiger partial charge is 0.291 e. The maximum absolute atomic E-state index is 12.1. The zero-order valence-electron chi connectivity index (χ0n) is 13.9. The van der Waals surface area contributed by atoms with Crippen LogP contribution in [-0.2, 0) is 0 Å². The molecule has 1 saturated heterocycles. The van der Waals surface area contributed by atoms with Crippen molar-refractivity contribution >= 4 is 28.4 Å². The van der Waals surface area contributed by atoms with E-state index in [1.54, 1.807) is 25.3 Å². The largest absolute Gasteiger partial charge is 0.478 e. The first-order valence-corrected chi connectivity index (χ1v) is 8.20. The molecule has 0 unspecified atom stereocenters. The molecule has 1 amide bonds. The summed E-state index contributed by atoms with van der Waals surface area (Å²) in [5.74, 6) is 1.24. The molecule has 7 nitrogen and oxygen atoms in total. The Kier molecular flexibility index (Phi) is 3.97. The van der Waals surface area contributed by atoms with Crippen LogP contribution in [0.3, 0.4) is 0 Å². The van der Waals surface area contributed by atoms with Gasteiger partial charge in [-0.15, -0.1) is 0 Å². The molecule has 1 aliphatic heterocycles. The van der Waals surface area contributed by atoms with Gasteiger partial charge in [0, 0.05) is 18.8 Å². The molecular weight excluding hydrogens is 320 g/mol. The number of ether oxygens (including phenoxy) is 1. The molecule has 3 heterocycles. The number of carbonyl (C=O) groups is 1. The Morgan fingerprint density at radius 3 is 2.76 bits per heavy atom. The van der Waals surface area contributed by atoms with Crippen molar-refractivity contribution in [3.05, 3.63) is 42.4 Å². The Morgan fingerprint density at radius 2 is 2.04 bits per heavy atom. The molecule has 0 aliphatic carbocycles. The lowest BCUT2D eigenvalue weighted by Gasteiger charge is -2.19. The summed E-state index contributed by atoms with van der Waals surface area (Å²) < 4.78 is 10.5. The Balaban J connectivity index is 1.68. The molecule has 4 rings (SSSR count). The van der Waals surface area contributed by atoms with Gasteiger partial charge in [0.1, 0.15) is 0 Å². The summed E-state index contributed by atoms with van der Waals surface area (Å²) in [5.41, 5.74) is 2.07. The number of hydrogen-bond donors (Lipinski definition) is 1. The third-order valence-corrected chi connectivity index (χ3v) is 4.22. The van der Waals surface area contributed by atoms with Gasteiger partial charge in [-0.05, 0) is 43.2 Å². The fourth-order valence-corrected chi connectivity index (χ4v) is 2.98. The van der Waals surface area contributed by atoms with Crippen LogP contribution < -0.4 is 15.0 Å². The molecule has 1 fully saturated rings. The van der Waals surface area contributed by atoms with Crippen molar-refractivity contribution in [3.8, 4) is 5.88 Å². The molecule has 0 bridgehead atoms. The van der Waals surface area contributed by atoms with Crippen LogP contribution in [0.15, 0.2) is 41.0 Å². The van der Waals surface area contributed by atoms with Crippen LogP contribution in [0.4, 0.5) is 11.5 Å². The first-order valence-electron chi connectivity index (χ1n) is 8.20. The van der Waals surface area contributed by atoms with Crippen molar-refractivity contribution in [1.29, 1.82) is 0 Å². The van der Waals surface area contributed by atoms with E-state index >= 15 is 0 Å². The predicted octanol–water partition coefficient (Wildman–Crippen LogP) is 3.08. The summed E-state index contributed by atoms with van der Waals surface area (Å²) in [6.45, 7) is 1.90. The number of nitrogens with zero attached hydrogens (tertiary/aromatic N) is 3. The Hall–Kier alpha value is -3.09. The highest BCUT2D eigenvalue weighted by Crippen LogP contribution is 2.30. The van der Waals surface area contributed by atoms with Gasteiger partial charge in [0.15, 0.2) is 11.6 Å². The monoisotopic (exact) mass is 338 g/mol. The summed E-state index contributed by atoms with van der Waals surface area (Å²) in [6, 6.07) is 8.70. The van der Waals surface area contributed by atoms with Crippen LogP contribution >= 0.6 is 0 Å². The van der Waals surface area contributed by atoms with Gasteiger partial charge in [0.05, 0.1) is 24.4 Å². The Labute approximate surface area is 144 Å². The van der Waals surface area contributed by atoms with Crippen molar-refractivity contribution in [3.63, 3.8) is 0 Å². The standard InChI is InChI=1S/C18H18N4O3/c1-24-18-16(22-8-2-3-9-22)20-14-11-12(6-7-13(14)21-18)19-17(23)15-5-4-10-25-15/h4-7,10-11H,2-3,8-9H2,1H3,(H,19,23). The summed E-state index contributed by atoms with van der Waals surface area (Å²) in [4.78, 5) is 23.6. The predicted molar refractivity (Wildman–Crippen MR) is 94.2 cm³/mol. The average Bonchev–Trinajstić information content (AvgIpc) is 3.34. The highest BCUT2D eigenvalue weighted by Gasteiger charge is 2.20. The molecule has 0 atom stereocenters. The first-order chi connectivity index (χ1) is 12.2. The number of aromatic nitrogens is 2. The Bertz CT molecular complexity index is 902. The van der Waals surface area contributed by atoms with Gasteiger partial charge in [-0.1, -0.05) is 0 Å². The zero-order chi connectivity index (χ0) is 17.2. The number of methoxy groups -OCH3 is 1. The van der Waals surface area contributed by atoms with Crippen molar-refractivity contribution in [2.75, 3.05) is 30.4 Å². The number of carbonyl (C=O) groups excluding carboxylic acids is 1. The molecule has 0 spiro atoms. The number of hydrogen-bond acceptors (Lipinski definition) is 6. The van der Waals surface area contributed by atoms with E-state index in [1.807, 2.05) is 12.1 Å².